The summed E-state index contributed by atoms with van der Waals surface area (Å²) in [7, 11) is 0. The van der Waals surface area contributed by atoms with Crippen LogP contribution in [0.15, 0.2) is 47.8 Å². The minimum absolute atomic E-state index is 0.147. The van der Waals surface area contributed by atoms with Crippen molar-refractivity contribution >= 4 is 45.4 Å². The molecule has 3 aromatic rings. The summed E-state index contributed by atoms with van der Waals surface area (Å²) in [6.07, 6.45) is 0. The highest BCUT2D eigenvalue weighted by Gasteiger charge is 2.14. The van der Waals surface area contributed by atoms with Gasteiger partial charge >= 0.3 is 0 Å². The molecule has 1 N–H and O–H groups in total. The number of halogens is 2. The smallest absolute Gasteiger partial charge is 0.187 e. The lowest BCUT2D eigenvalue weighted by atomic mass is 9.87. The Morgan fingerprint density at radius 3 is 2.17 bits per heavy atom. The van der Waals surface area contributed by atoms with Crippen molar-refractivity contribution < 1.29 is 0 Å². The van der Waals surface area contributed by atoms with Gasteiger partial charge in [-0.1, -0.05) is 62.2 Å². The van der Waals surface area contributed by atoms with Crippen molar-refractivity contribution in [2.75, 3.05) is 5.32 Å². The van der Waals surface area contributed by atoms with Gasteiger partial charge in [-0.2, -0.15) is 0 Å². The first-order valence-electron chi connectivity index (χ1n) is 7.62. The van der Waals surface area contributed by atoms with Crippen LogP contribution in [0, 0.1) is 0 Å². The molecule has 0 spiro atoms. The van der Waals surface area contributed by atoms with Gasteiger partial charge in [-0.25, -0.2) is 4.98 Å². The molecule has 2 nitrogen and oxygen atoms in total. The maximum Gasteiger partial charge on any atom is 0.187 e. The van der Waals surface area contributed by atoms with Gasteiger partial charge in [0.25, 0.3) is 0 Å². The van der Waals surface area contributed by atoms with E-state index in [4.69, 9.17) is 23.2 Å². The molecule has 0 fully saturated rings. The van der Waals surface area contributed by atoms with Crippen LogP contribution < -0.4 is 5.32 Å². The van der Waals surface area contributed by atoms with E-state index in [1.165, 1.54) is 16.9 Å². The second-order valence-electron chi connectivity index (χ2n) is 6.59. The maximum absolute atomic E-state index is 6.25. The number of aromatic nitrogens is 1. The summed E-state index contributed by atoms with van der Waals surface area (Å²) in [5.41, 5.74) is 4.01. The third-order valence-electron chi connectivity index (χ3n) is 3.73. The Morgan fingerprint density at radius 1 is 0.958 bits per heavy atom. The zero-order chi connectivity index (χ0) is 17.3. The number of nitrogens with zero attached hydrogens (tertiary/aromatic N) is 1. The Labute approximate surface area is 156 Å². The van der Waals surface area contributed by atoms with Gasteiger partial charge in [-0.05, 0) is 35.2 Å². The Kier molecular flexibility index (Phi) is 4.86. The largest absolute Gasteiger partial charge is 0.332 e. The van der Waals surface area contributed by atoms with Gasteiger partial charge in [0.05, 0.1) is 15.7 Å². The number of hydrogen-bond acceptors (Lipinski definition) is 3. The van der Waals surface area contributed by atoms with Crippen LogP contribution in [0.2, 0.25) is 10.0 Å². The van der Waals surface area contributed by atoms with Crippen LogP contribution in [0.1, 0.15) is 26.3 Å². The number of rotatable bonds is 3. The molecule has 0 bridgehead atoms. The molecule has 0 aliphatic heterocycles. The van der Waals surface area contributed by atoms with Crippen LogP contribution in [0.4, 0.5) is 10.8 Å². The number of benzene rings is 2. The highest BCUT2D eigenvalue weighted by molar-refractivity contribution is 7.14. The summed E-state index contributed by atoms with van der Waals surface area (Å²) in [6.45, 7) is 6.61. The first kappa shape index (κ1) is 17.3. The minimum atomic E-state index is 0.147. The fourth-order valence-corrected chi connectivity index (χ4v) is 3.68. The first-order valence-corrected chi connectivity index (χ1v) is 9.25. The molecule has 0 aliphatic carbocycles. The lowest BCUT2D eigenvalue weighted by molar-refractivity contribution is 0.590. The van der Waals surface area contributed by atoms with Crippen molar-refractivity contribution in [3.05, 3.63) is 63.5 Å². The summed E-state index contributed by atoms with van der Waals surface area (Å²) in [5, 5.41) is 7.31. The van der Waals surface area contributed by atoms with Gasteiger partial charge in [0.15, 0.2) is 5.13 Å². The highest BCUT2D eigenvalue weighted by atomic mass is 35.5. The van der Waals surface area contributed by atoms with E-state index in [9.17, 15) is 0 Å². The molecule has 1 heterocycles. The predicted molar refractivity (Wildman–Crippen MR) is 106 cm³/mol. The quantitative estimate of drug-likeness (QED) is 0.524. The number of anilines is 2. The van der Waals surface area contributed by atoms with Crippen LogP contribution in [0.3, 0.4) is 0 Å². The fourth-order valence-electron chi connectivity index (χ4n) is 2.37. The topological polar surface area (TPSA) is 24.9 Å². The van der Waals surface area contributed by atoms with E-state index in [0.29, 0.717) is 10.0 Å². The average molecular weight is 377 g/mol. The van der Waals surface area contributed by atoms with Gasteiger partial charge in [0.2, 0.25) is 0 Å². The van der Waals surface area contributed by atoms with Gasteiger partial charge in [0.1, 0.15) is 0 Å². The van der Waals surface area contributed by atoms with Crippen molar-refractivity contribution in [2.45, 2.75) is 26.2 Å². The van der Waals surface area contributed by atoms with Gasteiger partial charge in [-0.3, -0.25) is 0 Å². The molecule has 2 aromatic carbocycles. The van der Waals surface area contributed by atoms with E-state index in [2.05, 4.69) is 55.3 Å². The molecule has 24 heavy (non-hydrogen) atoms. The predicted octanol–water partition coefficient (Wildman–Crippen LogP) is 7.16. The molecule has 3 rings (SSSR count). The first-order chi connectivity index (χ1) is 11.3. The monoisotopic (exact) mass is 376 g/mol. The van der Waals surface area contributed by atoms with Gasteiger partial charge in [-0.15, -0.1) is 11.3 Å². The van der Waals surface area contributed by atoms with Gasteiger partial charge < -0.3 is 5.32 Å². The highest BCUT2D eigenvalue weighted by Crippen LogP contribution is 2.36. The number of thiazole rings is 1. The standard InChI is InChI=1S/C19H18Cl2N2S/c1-19(2,3)12-7-9-13(10-8-12)22-18-23-16(11-24-18)17-14(20)5-4-6-15(17)21/h4-11H,1-3H3,(H,22,23). The van der Waals surface area contributed by atoms with E-state index in [1.807, 2.05) is 23.6 Å². The normalized spacial score (nSPS) is 11.5. The number of hydrogen-bond donors (Lipinski definition) is 1. The van der Waals surface area contributed by atoms with Crippen molar-refractivity contribution in [3.63, 3.8) is 0 Å². The third kappa shape index (κ3) is 3.75. The van der Waals surface area contributed by atoms with Crippen LogP contribution in [-0.2, 0) is 5.41 Å². The maximum atomic E-state index is 6.25. The molecule has 0 aliphatic rings. The van der Waals surface area contributed by atoms with E-state index in [0.717, 1.165) is 22.1 Å². The van der Waals surface area contributed by atoms with Crippen LogP contribution in [0.25, 0.3) is 11.3 Å². The van der Waals surface area contributed by atoms with Crippen LogP contribution >= 0.6 is 34.5 Å². The molecule has 0 saturated carbocycles. The molecule has 5 heteroatoms. The lowest BCUT2D eigenvalue weighted by Gasteiger charge is -2.19. The Bertz CT molecular complexity index is 828. The van der Waals surface area contributed by atoms with E-state index in [-0.39, 0.29) is 5.41 Å². The van der Waals surface area contributed by atoms with E-state index < -0.39 is 0 Å². The second-order valence-corrected chi connectivity index (χ2v) is 8.26. The Balaban J connectivity index is 1.82. The molecular weight excluding hydrogens is 359 g/mol. The van der Waals surface area contributed by atoms with E-state index >= 15 is 0 Å². The van der Waals surface area contributed by atoms with Crippen LogP contribution in [0.5, 0.6) is 0 Å². The molecule has 124 valence electrons. The lowest BCUT2D eigenvalue weighted by Crippen LogP contribution is -2.10. The molecule has 0 saturated heterocycles. The van der Waals surface area contributed by atoms with Crippen molar-refractivity contribution in [2.24, 2.45) is 0 Å². The summed E-state index contributed by atoms with van der Waals surface area (Å²) < 4.78 is 0. The molecule has 0 radical (unpaired) electrons. The van der Waals surface area contributed by atoms with Crippen molar-refractivity contribution in [1.29, 1.82) is 0 Å². The third-order valence-corrected chi connectivity index (χ3v) is 5.11. The molecule has 0 amide bonds. The SMILES string of the molecule is CC(C)(C)c1ccc(Nc2nc(-c3c(Cl)cccc3Cl)cs2)cc1. The van der Waals surface area contributed by atoms with Crippen LogP contribution in [-0.4, -0.2) is 4.98 Å². The molecule has 0 atom stereocenters. The van der Waals surface area contributed by atoms with Crippen molar-refractivity contribution in [3.8, 4) is 11.3 Å². The zero-order valence-electron chi connectivity index (χ0n) is 13.7. The Hall–Kier alpha value is -1.55. The fraction of sp³-hybridized carbons (Fsp3) is 0.211. The summed E-state index contributed by atoms with van der Waals surface area (Å²) in [5.74, 6) is 0. The molecule has 1 aromatic heterocycles. The summed E-state index contributed by atoms with van der Waals surface area (Å²) in [4.78, 5) is 4.61. The molecular formula is C19H18Cl2N2S. The molecule has 0 unspecified atom stereocenters. The van der Waals surface area contributed by atoms with Gasteiger partial charge in [0, 0.05) is 16.6 Å². The van der Waals surface area contributed by atoms with Crippen molar-refractivity contribution in [1.82, 2.24) is 4.98 Å². The number of nitrogens with one attached hydrogen (secondary N) is 1. The second kappa shape index (κ2) is 6.75. The summed E-state index contributed by atoms with van der Waals surface area (Å²) >= 11 is 14.0. The zero-order valence-corrected chi connectivity index (χ0v) is 16.1. The Morgan fingerprint density at radius 2 is 1.58 bits per heavy atom. The minimum Gasteiger partial charge on any atom is -0.332 e. The summed E-state index contributed by atoms with van der Waals surface area (Å²) in [6, 6.07) is 13.9. The average Bonchev–Trinajstić information content (AvgIpc) is 2.95. The van der Waals surface area contributed by atoms with E-state index in [1.54, 1.807) is 0 Å².